The summed E-state index contributed by atoms with van der Waals surface area (Å²) in [5, 5.41) is 4.50. The molecule has 0 aliphatic heterocycles. The van der Waals surface area contributed by atoms with Crippen LogP contribution in [-0.2, 0) is 0 Å². The molecule has 0 bridgehead atoms. The maximum absolute atomic E-state index is 12.7. The summed E-state index contributed by atoms with van der Waals surface area (Å²) in [6.07, 6.45) is 2.08. The highest BCUT2D eigenvalue weighted by atomic mass is 35.5. The van der Waals surface area contributed by atoms with Gasteiger partial charge in [-0.2, -0.15) is 0 Å². The molecule has 1 amide bonds. The Morgan fingerprint density at radius 2 is 2.05 bits per heavy atom. The largest absolute Gasteiger partial charge is 0.351 e. The summed E-state index contributed by atoms with van der Waals surface area (Å²) in [4.78, 5) is 14.6. The molecule has 1 saturated carbocycles. The van der Waals surface area contributed by atoms with E-state index in [0.29, 0.717) is 16.5 Å². The molecule has 5 heteroatoms. The van der Waals surface area contributed by atoms with Crippen LogP contribution < -0.4 is 0 Å². The maximum Gasteiger partial charge on any atom is 0.293 e. The number of rotatable bonds is 4. The van der Waals surface area contributed by atoms with Gasteiger partial charge >= 0.3 is 0 Å². The SMILES string of the molecule is Cc1cc(C(=O)N(C2CC2)[C@@H](C)c2ccc(Cl)cc2)on1. The fraction of sp³-hybridized carbons (Fsp3) is 0.375. The van der Waals surface area contributed by atoms with Gasteiger partial charge in [0.05, 0.1) is 11.7 Å². The molecule has 0 unspecified atom stereocenters. The van der Waals surface area contributed by atoms with Crippen molar-refractivity contribution in [2.24, 2.45) is 0 Å². The molecule has 110 valence electrons. The molecular weight excluding hydrogens is 288 g/mol. The molecule has 21 heavy (non-hydrogen) atoms. The monoisotopic (exact) mass is 304 g/mol. The molecule has 1 atom stereocenters. The highest BCUT2D eigenvalue weighted by molar-refractivity contribution is 6.30. The first-order valence-electron chi connectivity index (χ1n) is 7.07. The Morgan fingerprint density at radius 3 is 2.57 bits per heavy atom. The standard InChI is InChI=1S/C16H17ClN2O2/c1-10-9-15(21-18-10)16(20)19(14-7-8-14)11(2)12-3-5-13(17)6-4-12/h3-6,9,11,14H,7-8H2,1-2H3/t11-/m0/s1. The lowest BCUT2D eigenvalue weighted by atomic mass is 10.1. The average molecular weight is 305 g/mol. The lowest BCUT2D eigenvalue weighted by Gasteiger charge is -2.28. The minimum atomic E-state index is -0.0967. The van der Waals surface area contributed by atoms with Gasteiger partial charge in [0, 0.05) is 17.1 Å². The van der Waals surface area contributed by atoms with E-state index in [1.807, 2.05) is 43.0 Å². The third-order valence-electron chi connectivity index (χ3n) is 3.78. The van der Waals surface area contributed by atoms with Gasteiger partial charge in [-0.3, -0.25) is 4.79 Å². The second-order valence-electron chi connectivity index (χ2n) is 5.50. The van der Waals surface area contributed by atoms with Gasteiger partial charge in [0.15, 0.2) is 0 Å². The molecule has 0 radical (unpaired) electrons. The van der Waals surface area contributed by atoms with E-state index < -0.39 is 0 Å². The highest BCUT2D eigenvalue weighted by Gasteiger charge is 2.38. The van der Waals surface area contributed by atoms with E-state index >= 15 is 0 Å². The van der Waals surface area contributed by atoms with Crippen molar-refractivity contribution in [2.45, 2.75) is 38.8 Å². The maximum atomic E-state index is 12.7. The van der Waals surface area contributed by atoms with E-state index in [-0.39, 0.29) is 18.0 Å². The van der Waals surface area contributed by atoms with Crippen molar-refractivity contribution >= 4 is 17.5 Å². The van der Waals surface area contributed by atoms with Gasteiger partial charge in [0.25, 0.3) is 5.91 Å². The minimum absolute atomic E-state index is 0.0207. The molecule has 1 heterocycles. The van der Waals surface area contributed by atoms with Crippen LogP contribution in [0.1, 0.15) is 47.6 Å². The molecule has 0 N–H and O–H groups in total. The van der Waals surface area contributed by atoms with Crippen molar-refractivity contribution in [1.82, 2.24) is 10.1 Å². The Labute approximate surface area is 128 Å². The lowest BCUT2D eigenvalue weighted by Crippen LogP contribution is -2.35. The normalized spacial score (nSPS) is 15.8. The second-order valence-corrected chi connectivity index (χ2v) is 5.94. The molecule has 2 aromatic rings. The summed E-state index contributed by atoms with van der Waals surface area (Å²) >= 11 is 5.93. The summed E-state index contributed by atoms with van der Waals surface area (Å²) in [6.45, 7) is 3.84. The highest BCUT2D eigenvalue weighted by Crippen LogP contribution is 2.35. The van der Waals surface area contributed by atoms with Crippen LogP contribution in [0.5, 0.6) is 0 Å². The number of aromatic nitrogens is 1. The summed E-state index contributed by atoms with van der Waals surface area (Å²) in [7, 11) is 0. The number of hydrogen-bond donors (Lipinski definition) is 0. The molecule has 1 fully saturated rings. The zero-order valence-corrected chi connectivity index (χ0v) is 12.8. The van der Waals surface area contributed by atoms with Crippen LogP contribution in [-0.4, -0.2) is 22.0 Å². The quantitative estimate of drug-likeness (QED) is 0.857. The summed E-state index contributed by atoms with van der Waals surface area (Å²) in [5.74, 6) is 0.209. The fourth-order valence-corrected chi connectivity index (χ4v) is 2.63. The fourth-order valence-electron chi connectivity index (χ4n) is 2.50. The number of carbonyl (C=O) groups excluding carboxylic acids is 1. The zero-order chi connectivity index (χ0) is 15.0. The van der Waals surface area contributed by atoms with E-state index in [1.165, 1.54) is 0 Å². The Balaban J connectivity index is 1.87. The van der Waals surface area contributed by atoms with Crippen molar-refractivity contribution < 1.29 is 9.32 Å². The molecular formula is C16H17ClN2O2. The number of carbonyl (C=O) groups is 1. The first-order chi connectivity index (χ1) is 10.1. The number of halogens is 1. The topological polar surface area (TPSA) is 46.3 Å². The van der Waals surface area contributed by atoms with Crippen LogP contribution in [0.2, 0.25) is 5.02 Å². The first-order valence-corrected chi connectivity index (χ1v) is 7.45. The summed E-state index contributed by atoms with van der Waals surface area (Å²) in [5.41, 5.74) is 1.78. The number of hydrogen-bond acceptors (Lipinski definition) is 3. The van der Waals surface area contributed by atoms with Crippen LogP contribution in [0, 0.1) is 6.92 Å². The lowest BCUT2D eigenvalue weighted by molar-refractivity contribution is 0.0631. The van der Waals surface area contributed by atoms with Crippen LogP contribution in [0.15, 0.2) is 34.9 Å². The number of amides is 1. The molecule has 3 rings (SSSR count). The number of aryl methyl sites for hydroxylation is 1. The molecule has 4 nitrogen and oxygen atoms in total. The predicted octanol–water partition coefficient (Wildman–Crippen LogP) is 4.00. The molecule has 0 spiro atoms. The van der Waals surface area contributed by atoms with Gasteiger partial charge < -0.3 is 9.42 Å². The van der Waals surface area contributed by atoms with Gasteiger partial charge in [-0.25, -0.2) is 0 Å². The third kappa shape index (κ3) is 2.95. The smallest absolute Gasteiger partial charge is 0.293 e. The second kappa shape index (κ2) is 5.53. The van der Waals surface area contributed by atoms with Gasteiger partial charge in [0.2, 0.25) is 5.76 Å². The van der Waals surface area contributed by atoms with E-state index in [4.69, 9.17) is 16.1 Å². The van der Waals surface area contributed by atoms with Gasteiger partial charge in [-0.1, -0.05) is 28.9 Å². The van der Waals surface area contributed by atoms with Crippen molar-refractivity contribution in [3.63, 3.8) is 0 Å². The number of benzene rings is 1. The predicted molar refractivity (Wildman–Crippen MR) is 80.3 cm³/mol. The Morgan fingerprint density at radius 1 is 1.38 bits per heavy atom. The molecule has 1 aromatic carbocycles. The van der Waals surface area contributed by atoms with Gasteiger partial charge in [-0.05, 0) is 44.4 Å². The average Bonchev–Trinajstić information content (AvgIpc) is 3.20. The van der Waals surface area contributed by atoms with Crippen LogP contribution >= 0.6 is 11.6 Å². The van der Waals surface area contributed by atoms with Gasteiger partial charge in [0.1, 0.15) is 0 Å². The molecule has 1 aliphatic carbocycles. The van der Waals surface area contributed by atoms with Crippen LogP contribution in [0.3, 0.4) is 0 Å². The van der Waals surface area contributed by atoms with Gasteiger partial charge in [-0.15, -0.1) is 0 Å². The zero-order valence-electron chi connectivity index (χ0n) is 12.0. The molecule has 1 aliphatic rings. The van der Waals surface area contributed by atoms with E-state index in [1.54, 1.807) is 6.07 Å². The molecule has 1 aromatic heterocycles. The third-order valence-corrected chi connectivity index (χ3v) is 4.04. The van der Waals surface area contributed by atoms with Crippen molar-refractivity contribution in [1.29, 1.82) is 0 Å². The Hall–Kier alpha value is -1.81. The van der Waals surface area contributed by atoms with E-state index in [2.05, 4.69) is 5.16 Å². The molecule has 0 saturated heterocycles. The Bertz CT molecular complexity index is 647. The van der Waals surface area contributed by atoms with Crippen molar-refractivity contribution in [2.75, 3.05) is 0 Å². The van der Waals surface area contributed by atoms with Crippen molar-refractivity contribution in [3.05, 3.63) is 52.4 Å². The Kier molecular flexibility index (Phi) is 3.72. The summed E-state index contributed by atoms with van der Waals surface area (Å²) in [6, 6.07) is 9.57. The van der Waals surface area contributed by atoms with Crippen molar-refractivity contribution in [3.8, 4) is 0 Å². The van der Waals surface area contributed by atoms with Crippen LogP contribution in [0.4, 0.5) is 0 Å². The first kappa shape index (κ1) is 14.1. The number of nitrogens with zero attached hydrogens (tertiary/aromatic N) is 2. The minimum Gasteiger partial charge on any atom is -0.351 e. The van der Waals surface area contributed by atoms with Crippen LogP contribution in [0.25, 0.3) is 0 Å². The summed E-state index contributed by atoms with van der Waals surface area (Å²) < 4.78 is 5.13. The van der Waals surface area contributed by atoms with E-state index in [9.17, 15) is 4.79 Å². The van der Waals surface area contributed by atoms with E-state index in [0.717, 1.165) is 18.4 Å².